The standard InChI is InChI=1S/C20H19FN6O/c1-26-11-13-8-12(9-16(21)18(13)25-26)19-23-17-3-2-14(10-15(17)20(28)24-19)27-6-4-22-5-7-27/h2-3,8-11,22H,4-7H2,1H3,(H,23,24,28). The number of piperazine rings is 1. The molecule has 2 aromatic carbocycles. The molecule has 0 amide bonds. The number of aromatic amines is 1. The molecule has 4 aromatic rings. The summed E-state index contributed by atoms with van der Waals surface area (Å²) in [5, 5.41) is 8.62. The maximum atomic E-state index is 14.4. The molecule has 0 unspecified atom stereocenters. The van der Waals surface area contributed by atoms with E-state index in [1.54, 1.807) is 24.0 Å². The summed E-state index contributed by atoms with van der Waals surface area (Å²) in [6.45, 7) is 3.65. The van der Waals surface area contributed by atoms with Crippen LogP contribution in [-0.4, -0.2) is 45.9 Å². The number of aryl methyl sites for hydroxylation is 1. The molecule has 2 N–H and O–H groups in total. The SMILES string of the molecule is Cn1cc2cc(-c3nc4ccc(N5CCNCC5)cc4c(=O)[nH]3)cc(F)c2n1. The van der Waals surface area contributed by atoms with Crippen LogP contribution in [0.3, 0.4) is 0 Å². The van der Waals surface area contributed by atoms with Gasteiger partial charge < -0.3 is 15.2 Å². The van der Waals surface area contributed by atoms with Crippen molar-refractivity contribution >= 4 is 27.5 Å². The number of hydrogen-bond donors (Lipinski definition) is 2. The van der Waals surface area contributed by atoms with Crippen molar-refractivity contribution in [2.45, 2.75) is 0 Å². The molecule has 1 aliphatic heterocycles. The minimum absolute atomic E-state index is 0.233. The summed E-state index contributed by atoms with van der Waals surface area (Å²) < 4.78 is 16.0. The van der Waals surface area contributed by atoms with E-state index in [0.29, 0.717) is 33.2 Å². The summed E-state index contributed by atoms with van der Waals surface area (Å²) in [4.78, 5) is 22.3. The number of nitrogens with zero attached hydrogens (tertiary/aromatic N) is 4. The monoisotopic (exact) mass is 378 g/mol. The van der Waals surface area contributed by atoms with Crippen LogP contribution in [0.4, 0.5) is 10.1 Å². The third-order valence-corrected chi connectivity index (χ3v) is 5.12. The van der Waals surface area contributed by atoms with Crippen LogP contribution in [0.15, 0.2) is 41.3 Å². The molecule has 0 spiro atoms. The zero-order valence-corrected chi connectivity index (χ0v) is 15.4. The summed E-state index contributed by atoms with van der Waals surface area (Å²) in [7, 11) is 1.74. The number of aromatic nitrogens is 4. The Morgan fingerprint density at radius 3 is 2.79 bits per heavy atom. The summed E-state index contributed by atoms with van der Waals surface area (Å²) in [5.74, 6) is -0.0954. The van der Waals surface area contributed by atoms with E-state index in [1.165, 1.54) is 6.07 Å². The Bertz CT molecular complexity index is 1260. The van der Waals surface area contributed by atoms with Gasteiger partial charge in [0.2, 0.25) is 0 Å². The molecule has 0 aliphatic carbocycles. The van der Waals surface area contributed by atoms with Gasteiger partial charge in [0.05, 0.1) is 10.9 Å². The van der Waals surface area contributed by atoms with Crippen molar-refractivity contribution in [2.24, 2.45) is 7.05 Å². The van der Waals surface area contributed by atoms with Crippen molar-refractivity contribution in [3.63, 3.8) is 0 Å². The van der Waals surface area contributed by atoms with Gasteiger partial charge in [-0.15, -0.1) is 0 Å². The number of nitrogens with one attached hydrogen (secondary N) is 2. The molecule has 3 heterocycles. The second kappa shape index (κ2) is 6.42. The van der Waals surface area contributed by atoms with Crippen molar-refractivity contribution < 1.29 is 4.39 Å². The maximum Gasteiger partial charge on any atom is 0.259 e. The van der Waals surface area contributed by atoms with E-state index >= 15 is 0 Å². The van der Waals surface area contributed by atoms with Crippen molar-refractivity contribution in [3.05, 3.63) is 52.7 Å². The van der Waals surface area contributed by atoms with Crippen molar-refractivity contribution in [1.29, 1.82) is 0 Å². The molecule has 0 atom stereocenters. The number of anilines is 1. The van der Waals surface area contributed by atoms with E-state index in [9.17, 15) is 9.18 Å². The Morgan fingerprint density at radius 2 is 1.96 bits per heavy atom. The van der Waals surface area contributed by atoms with Crippen LogP contribution in [-0.2, 0) is 7.05 Å². The predicted molar refractivity (Wildman–Crippen MR) is 107 cm³/mol. The van der Waals surface area contributed by atoms with Gasteiger partial charge in [0.15, 0.2) is 5.82 Å². The second-order valence-electron chi connectivity index (χ2n) is 7.05. The highest BCUT2D eigenvalue weighted by atomic mass is 19.1. The van der Waals surface area contributed by atoms with Gasteiger partial charge in [-0.05, 0) is 30.3 Å². The molecule has 1 aliphatic rings. The van der Waals surface area contributed by atoms with E-state index in [2.05, 4.69) is 25.3 Å². The number of H-pyrrole nitrogens is 1. The average Bonchev–Trinajstić information content (AvgIpc) is 3.09. The lowest BCUT2D eigenvalue weighted by Gasteiger charge is -2.29. The maximum absolute atomic E-state index is 14.4. The minimum atomic E-state index is -0.440. The Balaban J connectivity index is 1.60. The van der Waals surface area contributed by atoms with Crippen LogP contribution in [0.25, 0.3) is 33.2 Å². The van der Waals surface area contributed by atoms with E-state index in [0.717, 1.165) is 31.9 Å². The summed E-state index contributed by atoms with van der Waals surface area (Å²) in [6.07, 6.45) is 1.74. The fourth-order valence-corrected chi connectivity index (χ4v) is 3.73. The van der Waals surface area contributed by atoms with E-state index in [4.69, 9.17) is 0 Å². The molecule has 0 bridgehead atoms. The predicted octanol–water partition coefficient (Wildman–Crippen LogP) is 2.03. The zero-order valence-electron chi connectivity index (χ0n) is 15.4. The molecule has 7 nitrogen and oxygen atoms in total. The first-order chi connectivity index (χ1) is 13.6. The van der Waals surface area contributed by atoms with Crippen LogP contribution < -0.4 is 15.8 Å². The molecule has 2 aromatic heterocycles. The first kappa shape index (κ1) is 16.9. The first-order valence-electron chi connectivity index (χ1n) is 9.21. The molecule has 0 saturated carbocycles. The smallest absolute Gasteiger partial charge is 0.259 e. The van der Waals surface area contributed by atoms with Gasteiger partial charge in [-0.1, -0.05) is 0 Å². The molecular formula is C20H19FN6O. The zero-order chi connectivity index (χ0) is 19.3. The molecule has 28 heavy (non-hydrogen) atoms. The lowest BCUT2D eigenvalue weighted by Crippen LogP contribution is -2.43. The van der Waals surface area contributed by atoms with E-state index in [-0.39, 0.29) is 5.56 Å². The van der Waals surface area contributed by atoms with Gasteiger partial charge in [0, 0.05) is 56.1 Å². The third kappa shape index (κ3) is 2.82. The topological polar surface area (TPSA) is 78.8 Å². The fourth-order valence-electron chi connectivity index (χ4n) is 3.73. The van der Waals surface area contributed by atoms with Gasteiger partial charge in [0.1, 0.15) is 11.3 Å². The number of rotatable bonds is 2. The highest BCUT2D eigenvalue weighted by Crippen LogP contribution is 2.25. The molecule has 142 valence electrons. The van der Waals surface area contributed by atoms with Crippen LogP contribution in [0.2, 0.25) is 0 Å². The number of halogens is 1. The summed E-state index contributed by atoms with van der Waals surface area (Å²) >= 11 is 0. The average molecular weight is 378 g/mol. The van der Waals surface area contributed by atoms with Crippen LogP contribution >= 0.6 is 0 Å². The number of hydrogen-bond acceptors (Lipinski definition) is 5. The Morgan fingerprint density at radius 1 is 1.14 bits per heavy atom. The van der Waals surface area contributed by atoms with E-state index < -0.39 is 5.82 Å². The van der Waals surface area contributed by atoms with Crippen molar-refractivity contribution in [3.8, 4) is 11.4 Å². The van der Waals surface area contributed by atoms with Crippen molar-refractivity contribution in [1.82, 2.24) is 25.1 Å². The van der Waals surface area contributed by atoms with Gasteiger partial charge in [-0.25, -0.2) is 9.37 Å². The van der Waals surface area contributed by atoms with Crippen LogP contribution in [0.1, 0.15) is 0 Å². The van der Waals surface area contributed by atoms with Crippen LogP contribution in [0, 0.1) is 5.82 Å². The largest absolute Gasteiger partial charge is 0.369 e. The molecule has 8 heteroatoms. The Hall–Kier alpha value is -3.26. The normalized spacial score (nSPS) is 14.9. The van der Waals surface area contributed by atoms with Gasteiger partial charge in [-0.2, -0.15) is 5.10 Å². The lowest BCUT2D eigenvalue weighted by atomic mass is 10.1. The third-order valence-electron chi connectivity index (χ3n) is 5.12. The molecule has 1 saturated heterocycles. The van der Waals surface area contributed by atoms with Crippen LogP contribution in [0.5, 0.6) is 0 Å². The number of fused-ring (bicyclic) bond motifs is 2. The Labute approximate surface area is 159 Å². The van der Waals surface area contributed by atoms with Gasteiger partial charge in [-0.3, -0.25) is 9.48 Å². The highest BCUT2D eigenvalue weighted by Gasteiger charge is 2.14. The lowest BCUT2D eigenvalue weighted by molar-refractivity contribution is 0.589. The first-order valence-corrected chi connectivity index (χ1v) is 9.21. The number of benzene rings is 2. The molecule has 0 radical (unpaired) electrons. The fraction of sp³-hybridized carbons (Fsp3) is 0.250. The van der Waals surface area contributed by atoms with Gasteiger partial charge in [0.25, 0.3) is 5.56 Å². The summed E-state index contributed by atoms with van der Waals surface area (Å²) in [6, 6.07) is 8.85. The van der Waals surface area contributed by atoms with Gasteiger partial charge >= 0.3 is 0 Å². The highest BCUT2D eigenvalue weighted by molar-refractivity contribution is 5.86. The van der Waals surface area contributed by atoms with Crippen molar-refractivity contribution in [2.75, 3.05) is 31.1 Å². The quantitative estimate of drug-likeness (QED) is 0.558. The summed E-state index contributed by atoms with van der Waals surface area (Å²) in [5.41, 5.74) is 2.18. The molecule has 5 rings (SSSR count). The van der Waals surface area contributed by atoms with E-state index in [1.807, 2.05) is 18.2 Å². The minimum Gasteiger partial charge on any atom is -0.369 e. The second-order valence-corrected chi connectivity index (χ2v) is 7.05. The Kier molecular flexibility index (Phi) is 3.87. The molecule has 1 fully saturated rings. The molecular weight excluding hydrogens is 359 g/mol.